The van der Waals surface area contributed by atoms with E-state index in [9.17, 15) is 13.2 Å². The van der Waals surface area contributed by atoms with Gasteiger partial charge in [0, 0.05) is 19.5 Å². The second-order valence-electron chi connectivity index (χ2n) is 5.71. The molecule has 1 aliphatic heterocycles. The number of hydrogen-bond donors (Lipinski definition) is 1. The number of carbonyl (C=O) groups is 1. The lowest BCUT2D eigenvalue weighted by Gasteiger charge is -2.31. The van der Waals surface area contributed by atoms with E-state index in [1.54, 1.807) is 13.0 Å². The first-order chi connectivity index (χ1) is 9.80. The molecule has 0 atom stereocenters. The van der Waals surface area contributed by atoms with Crippen LogP contribution in [0.25, 0.3) is 0 Å². The Labute approximate surface area is 125 Å². The van der Waals surface area contributed by atoms with Crippen molar-refractivity contribution in [2.45, 2.75) is 38.0 Å². The van der Waals surface area contributed by atoms with E-state index in [2.05, 4.69) is 0 Å². The molecule has 0 aromatic heterocycles. The molecule has 0 amide bonds. The minimum Gasteiger partial charge on any atom is -0.481 e. The Morgan fingerprint density at radius 1 is 1.29 bits per heavy atom. The summed E-state index contributed by atoms with van der Waals surface area (Å²) in [6, 6.07) is 5.42. The van der Waals surface area contributed by atoms with E-state index in [-0.39, 0.29) is 12.3 Å². The van der Waals surface area contributed by atoms with Crippen LogP contribution in [0.1, 0.15) is 30.4 Å². The minimum absolute atomic E-state index is 0.0764. The van der Waals surface area contributed by atoms with Crippen LogP contribution in [0, 0.1) is 19.8 Å². The van der Waals surface area contributed by atoms with Crippen LogP contribution in [0.4, 0.5) is 0 Å². The van der Waals surface area contributed by atoms with Crippen molar-refractivity contribution in [1.29, 1.82) is 0 Å². The third kappa shape index (κ3) is 3.63. The van der Waals surface area contributed by atoms with Crippen molar-refractivity contribution in [3.05, 3.63) is 29.3 Å². The lowest BCUT2D eigenvalue weighted by molar-refractivity contribution is -0.138. The molecule has 2 rings (SSSR count). The average molecular weight is 311 g/mol. The third-order valence-corrected chi connectivity index (χ3v) is 6.04. The molecule has 0 unspecified atom stereocenters. The molecule has 1 heterocycles. The largest absolute Gasteiger partial charge is 0.481 e. The van der Waals surface area contributed by atoms with Gasteiger partial charge in [-0.3, -0.25) is 4.79 Å². The van der Waals surface area contributed by atoms with Gasteiger partial charge in [0.05, 0.1) is 4.90 Å². The molecule has 1 aromatic rings. The molecule has 1 saturated heterocycles. The third-order valence-electron chi connectivity index (χ3n) is 4.00. The Morgan fingerprint density at radius 2 is 1.90 bits per heavy atom. The average Bonchev–Trinajstić information content (AvgIpc) is 2.41. The first-order valence-corrected chi connectivity index (χ1v) is 8.54. The SMILES string of the molecule is Cc1ccc(C)c(S(=O)(=O)N2CCC(CC(=O)O)CC2)c1. The van der Waals surface area contributed by atoms with Crippen molar-refractivity contribution in [1.82, 2.24) is 4.31 Å². The van der Waals surface area contributed by atoms with Crippen molar-refractivity contribution >= 4 is 16.0 Å². The normalized spacial score (nSPS) is 17.8. The van der Waals surface area contributed by atoms with Gasteiger partial charge in [-0.1, -0.05) is 12.1 Å². The maximum atomic E-state index is 12.7. The number of piperidine rings is 1. The Balaban J connectivity index is 2.15. The maximum absolute atomic E-state index is 12.7. The number of hydrogen-bond acceptors (Lipinski definition) is 3. The molecule has 0 bridgehead atoms. The van der Waals surface area contributed by atoms with Crippen LogP contribution in [-0.2, 0) is 14.8 Å². The van der Waals surface area contributed by atoms with E-state index in [0.717, 1.165) is 11.1 Å². The quantitative estimate of drug-likeness (QED) is 0.925. The van der Waals surface area contributed by atoms with Gasteiger partial charge in [0.1, 0.15) is 0 Å². The Kier molecular flexibility index (Phi) is 4.68. The summed E-state index contributed by atoms with van der Waals surface area (Å²) in [5.74, 6) is -0.738. The van der Waals surface area contributed by atoms with Crippen LogP contribution in [0.3, 0.4) is 0 Å². The lowest BCUT2D eigenvalue weighted by Crippen LogP contribution is -2.39. The van der Waals surface area contributed by atoms with E-state index < -0.39 is 16.0 Å². The molecule has 0 saturated carbocycles. The summed E-state index contributed by atoms with van der Waals surface area (Å²) in [7, 11) is -3.48. The second-order valence-corrected chi connectivity index (χ2v) is 7.62. The van der Waals surface area contributed by atoms with Crippen molar-refractivity contribution in [3.8, 4) is 0 Å². The van der Waals surface area contributed by atoms with Gasteiger partial charge in [0.2, 0.25) is 10.0 Å². The standard InChI is InChI=1S/C15H21NO4S/c1-11-3-4-12(2)14(9-11)21(19,20)16-7-5-13(6-8-16)10-15(17)18/h3-4,9,13H,5-8,10H2,1-2H3,(H,17,18). The summed E-state index contributed by atoms with van der Waals surface area (Å²) < 4.78 is 26.9. The lowest BCUT2D eigenvalue weighted by atomic mass is 9.95. The van der Waals surface area contributed by atoms with E-state index in [0.29, 0.717) is 30.8 Å². The molecule has 0 spiro atoms. The van der Waals surface area contributed by atoms with Gasteiger partial charge >= 0.3 is 5.97 Å². The van der Waals surface area contributed by atoms with Gasteiger partial charge in [0.25, 0.3) is 0 Å². The van der Waals surface area contributed by atoms with E-state index in [1.807, 2.05) is 19.1 Å². The zero-order valence-electron chi connectivity index (χ0n) is 12.4. The highest BCUT2D eigenvalue weighted by atomic mass is 32.2. The van der Waals surface area contributed by atoms with Crippen LogP contribution >= 0.6 is 0 Å². The smallest absolute Gasteiger partial charge is 0.303 e. The molecule has 1 N–H and O–H groups in total. The number of rotatable bonds is 4. The fourth-order valence-corrected chi connectivity index (χ4v) is 4.50. The zero-order chi connectivity index (χ0) is 15.6. The highest BCUT2D eigenvalue weighted by Gasteiger charge is 2.31. The van der Waals surface area contributed by atoms with Gasteiger partial charge in [-0.2, -0.15) is 4.31 Å². The maximum Gasteiger partial charge on any atom is 0.303 e. The van der Waals surface area contributed by atoms with Crippen molar-refractivity contribution in [2.24, 2.45) is 5.92 Å². The van der Waals surface area contributed by atoms with E-state index in [1.165, 1.54) is 4.31 Å². The summed E-state index contributed by atoms with van der Waals surface area (Å²) >= 11 is 0. The molecule has 116 valence electrons. The molecule has 1 aromatic carbocycles. The Morgan fingerprint density at radius 3 is 2.48 bits per heavy atom. The fraction of sp³-hybridized carbons (Fsp3) is 0.533. The van der Waals surface area contributed by atoms with Crippen LogP contribution < -0.4 is 0 Å². The predicted octanol–water partition coefficient (Wildman–Crippen LogP) is 2.18. The number of nitrogens with zero attached hydrogens (tertiary/aromatic N) is 1. The van der Waals surface area contributed by atoms with E-state index in [4.69, 9.17) is 5.11 Å². The van der Waals surface area contributed by atoms with Gasteiger partial charge in [-0.15, -0.1) is 0 Å². The highest BCUT2D eigenvalue weighted by molar-refractivity contribution is 7.89. The number of aliphatic carboxylic acids is 1. The molecule has 0 aliphatic carbocycles. The van der Waals surface area contributed by atoms with Crippen molar-refractivity contribution in [2.75, 3.05) is 13.1 Å². The van der Waals surface area contributed by atoms with Crippen LogP contribution in [0.5, 0.6) is 0 Å². The van der Waals surface area contributed by atoms with Crippen LogP contribution in [0.15, 0.2) is 23.1 Å². The van der Waals surface area contributed by atoms with Crippen molar-refractivity contribution in [3.63, 3.8) is 0 Å². The molecule has 0 radical (unpaired) electrons. The number of benzene rings is 1. The number of carboxylic acids is 1. The zero-order valence-corrected chi connectivity index (χ0v) is 13.2. The van der Waals surface area contributed by atoms with Crippen LogP contribution in [-0.4, -0.2) is 36.9 Å². The Hall–Kier alpha value is -1.40. The minimum atomic E-state index is -3.48. The Bertz CT molecular complexity index is 631. The summed E-state index contributed by atoms with van der Waals surface area (Å²) in [5.41, 5.74) is 1.66. The molecular formula is C15H21NO4S. The first kappa shape index (κ1) is 16.0. The first-order valence-electron chi connectivity index (χ1n) is 7.10. The molecule has 5 nitrogen and oxygen atoms in total. The molecule has 6 heteroatoms. The van der Waals surface area contributed by atoms with Gasteiger partial charge in [-0.05, 0) is 49.8 Å². The van der Waals surface area contributed by atoms with Gasteiger partial charge < -0.3 is 5.11 Å². The number of carboxylic acid groups (broad SMARTS) is 1. The number of aryl methyl sites for hydroxylation is 2. The molecular weight excluding hydrogens is 290 g/mol. The molecule has 21 heavy (non-hydrogen) atoms. The van der Waals surface area contributed by atoms with Gasteiger partial charge in [0.15, 0.2) is 0 Å². The summed E-state index contributed by atoms with van der Waals surface area (Å²) in [6.07, 6.45) is 1.34. The predicted molar refractivity (Wildman–Crippen MR) is 79.7 cm³/mol. The number of sulfonamides is 1. The van der Waals surface area contributed by atoms with E-state index >= 15 is 0 Å². The summed E-state index contributed by atoms with van der Waals surface area (Å²) in [4.78, 5) is 11.1. The van der Waals surface area contributed by atoms with Gasteiger partial charge in [-0.25, -0.2) is 8.42 Å². The monoisotopic (exact) mass is 311 g/mol. The second kappa shape index (κ2) is 6.15. The fourth-order valence-electron chi connectivity index (χ4n) is 2.73. The molecule has 1 aliphatic rings. The summed E-state index contributed by atoms with van der Waals surface area (Å²) in [6.45, 7) is 4.46. The van der Waals surface area contributed by atoms with Crippen LogP contribution in [0.2, 0.25) is 0 Å². The summed E-state index contributed by atoms with van der Waals surface area (Å²) in [5, 5.41) is 8.80. The van der Waals surface area contributed by atoms with Crippen molar-refractivity contribution < 1.29 is 18.3 Å². The highest BCUT2D eigenvalue weighted by Crippen LogP contribution is 2.27. The topological polar surface area (TPSA) is 74.7 Å². The molecule has 1 fully saturated rings.